The molecule has 1 amide bonds. The van der Waals surface area contributed by atoms with Crippen LogP contribution in [0.4, 0.5) is 13.2 Å². The van der Waals surface area contributed by atoms with Crippen LogP contribution in [0.5, 0.6) is 5.75 Å². The zero-order chi connectivity index (χ0) is 16.2. The van der Waals surface area contributed by atoms with Gasteiger partial charge in [0.15, 0.2) is 0 Å². The van der Waals surface area contributed by atoms with Crippen molar-refractivity contribution in [2.24, 2.45) is 5.92 Å². The normalized spacial score (nSPS) is 20.5. The SMILES string of the molecule is N#CCCCNC(=O)[C@@H]1Cc2ccccc2O[C@H]1C(F)(F)F. The van der Waals surface area contributed by atoms with Crippen LogP contribution in [0.2, 0.25) is 0 Å². The van der Waals surface area contributed by atoms with E-state index in [1.807, 2.05) is 6.07 Å². The average molecular weight is 312 g/mol. The lowest BCUT2D eigenvalue weighted by atomic mass is 9.89. The van der Waals surface area contributed by atoms with E-state index in [9.17, 15) is 18.0 Å². The molecule has 0 saturated heterocycles. The van der Waals surface area contributed by atoms with E-state index < -0.39 is 24.1 Å². The van der Waals surface area contributed by atoms with Gasteiger partial charge >= 0.3 is 6.18 Å². The van der Waals surface area contributed by atoms with Gasteiger partial charge in [0, 0.05) is 13.0 Å². The lowest BCUT2D eigenvalue weighted by molar-refractivity contribution is -0.213. The van der Waals surface area contributed by atoms with E-state index in [1.54, 1.807) is 18.2 Å². The minimum absolute atomic E-state index is 0.0234. The number of fused-ring (bicyclic) bond motifs is 1. The van der Waals surface area contributed by atoms with Gasteiger partial charge < -0.3 is 10.1 Å². The Morgan fingerprint density at radius 2 is 2.14 bits per heavy atom. The molecule has 22 heavy (non-hydrogen) atoms. The van der Waals surface area contributed by atoms with Crippen molar-refractivity contribution in [3.05, 3.63) is 29.8 Å². The van der Waals surface area contributed by atoms with Crippen molar-refractivity contribution in [1.82, 2.24) is 5.32 Å². The van der Waals surface area contributed by atoms with Crippen LogP contribution in [0.25, 0.3) is 0 Å². The Hall–Kier alpha value is -2.23. The molecular formula is C15H15F3N2O2. The minimum Gasteiger partial charge on any atom is -0.480 e. The molecule has 0 fully saturated rings. The number of rotatable bonds is 4. The second-order valence-corrected chi connectivity index (χ2v) is 5.05. The number of nitriles is 1. The van der Waals surface area contributed by atoms with Crippen LogP contribution in [0.15, 0.2) is 24.3 Å². The molecule has 4 nitrogen and oxygen atoms in total. The lowest BCUT2D eigenvalue weighted by Gasteiger charge is -2.33. The topological polar surface area (TPSA) is 62.1 Å². The molecule has 2 atom stereocenters. The number of para-hydroxylation sites is 1. The molecule has 1 N–H and O–H groups in total. The van der Waals surface area contributed by atoms with Crippen molar-refractivity contribution in [2.45, 2.75) is 31.5 Å². The molecule has 0 radical (unpaired) electrons. The molecule has 0 bridgehead atoms. The van der Waals surface area contributed by atoms with Gasteiger partial charge in [0.1, 0.15) is 5.75 Å². The molecule has 1 aromatic carbocycles. The molecule has 1 aromatic rings. The predicted octanol–water partition coefficient (Wildman–Crippen LogP) is 2.59. The molecule has 1 heterocycles. The average Bonchev–Trinajstić information content (AvgIpc) is 2.49. The summed E-state index contributed by atoms with van der Waals surface area (Å²) in [7, 11) is 0. The van der Waals surface area contributed by atoms with Gasteiger partial charge in [0.05, 0.1) is 12.0 Å². The molecule has 0 saturated carbocycles. The molecule has 7 heteroatoms. The first-order valence-corrected chi connectivity index (χ1v) is 6.89. The molecule has 0 unspecified atom stereocenters. The second-order valence-electron chi connectivity index (χ2n) is 5.05. The molecular weight excluding hydrogens is 297 g/mol. The summed E-state index contributed by atoms with van der Waals surface area (Å²) in [6.45, 7) is 0.176. The summed E-state index contributed by atoms with van der Waals surface area (Å²) in [5.41, 5.74) is 0.583. The Bertz CT molecular complexity index is 581. The van der Waals surface area contributed by atoms with E-state index in [-0.39, 0.29) is 25.1 Å². The van der Waals surface area contributed by atoms with Crippen molar-refractivity contribution in [3.63, 3.8) is 0 Å². The number of ether oxygens (including phenoxy) is 1. The van der Waals surface area contributed by atoms with E-state index in [1.165, 1.54) is 6.07 Å². The van der Waals surface area contributed by atoms with E-state index >= 15 is 0 Å². The summed E-state index contributed by atoms with van der Waals surface area (Å²) in [5, 5.41) is 10.9. The number of carbonyl (C=O) groups excluding carboxylic acids is 1. The van der Waals surface area contributed by atoms with Gasteiger partial charge in [-0.25, -0.2) is 0 Å². The Balaban J connectivity index is 2.13. The third kappa shape index (κ3) is 3.70. The number of hydrogen-bond donors (Lipinski definition) is 1. The van der Waals surface area contributed by atoms with Gasteiger partial charge in [0.25, 0.3) is 0 Å². The third-order valence-electron chi connectivity index (χ3n) is 3.46. The van der Waals surface area contributed by atoms with Crippen molar-refractivity contribution in [1.29, 1.82) is 5.26 Å². The minimum atomic E-state index is -4.62. The van der Waals surface area contributed by atoms with E-state index in [0.717, 1.165) is 0 Å². The number of alkyl halides is 3. The summed E-state index contributed by atoms with van der Waals surface area (Å²) < 4.78 is 44.4. The number of carbonyl (C=O) groups is 1. The van der Waals surface area contributed by atoms with E-state index in [0.29, 0.717) is 12.0 Å². The first-order chi connectivity index (χ1) is 10.4. The van der Waals surface area contributed by atoms with Crippen LogP contribution in [-0.4, -0.2) is 24.7 Å². The van der Waals surface area contributed by atoms with Gasteiger partial charge in [-0.2, -0.15) is 18.4 Å². The highest BCUT2D eigenvalue weighted by Gasteiger charge is 2.51. The smallest absolute Gasteiger partial charge is 0.426 e. The maximum atomic E-state index is 13.1. The second kappa shape index (κ2) is 6.69. The molecule has 0 aliphatic carbocycles. The Morgan fingerprint density at radius 3 is 2.82 bits per heavy atom. The van der Waals surface area contributed by atoms with Gasteiger partial charge in [-0.3, -0.25) is 4.79 Å². The highest BCUT2D eigenvalue weighted by atomic mass is 19.4. The number of benzene rings is 1. The summed E-state index contributed by atoms with van der Waals surface area (Å²) in [5.74, 6) is -1.86. The highest BCUT2D eigenvalue weighted by molar-refractivity contribution is 5.80. The van der Waals surface area contributed by atoms with Crippen LogP contribution >= 0.6 is 0 Å². The number of halogens is 3. The molecule has 2 rings (SSSR count). The summed E-state index contributed by atoms with van der Waals surface area (Å²) in [6.07, 6.45) is -6.15. The zero-order valence-electron chi connectivity index (χ0n) is 11.7. The standard InChI is InChI=1S/C15H15F3N2O2/c16-15(17,18)13-11(14(21)20-8-4-3-7-19)9-10-5-1-2-6-12(10)22-13/h1-2,5-6,11,13H,3-4,8-9H2,(H,20,21)/t11-,13-/m1/s1. The molecule has 118 valence electrons. The van der Waals surface area contributed by atoms with Crippen LogP contribution in [0, 0.1) is 17.2 Å². The van der Waals surface area contributed by atoms with Gasteiger partial charge in [-0.05, 0) is 24.5 Å². The first-order valence-electron chi connectivity index (χ1n) is 6.89. The predicted molar refractivity (Wildman–Crippen MR) is 72.0 cm³/mol. The van der Waals surface area contributed by atoms with Crippen molar-refractivity contribution < 1.29 is 22.7 Å². The Labute approximate surface area is 125 Å². The van der Waals surface area contributed by atoms with Crippen molar-refractivity contribution in [2.75, 3.05) is 6.54 Å². The maximum Gasteiger partial charge on any atom is 0.426 e. The molecule has 0 aromatic heterocycles. The molecule has 1 aliphatic heterocycles. The number of unbranched alkanes of at least 4 members (excludes halogenated alkanes) is 1. The van der Waals surface area contributed by atoms with Gasteiger partial charge in [-0.15, -0.1) is 0 Å². The first kappa shape index (κ1) is 16.1. The van der Waals surface area contributed by atoms with Gasteiger partial charge in [0.2, 0.25) is 12.0 Å². The number of amides is 1. The third-order valence-corrected chi connectivity index (χ3v) is 3.46. The Morgan fingerprint density at radius 1 is 1.41 bits per heavy atom. The monoisotopic (exact) mass is 312 g/mol. The van der Waals surface area contributed by atoms with E-state index in [2.05, 4.69) is 5.32 Å². The number of nitrogens with one attached hydrogen (secondary N) is 1. The largest absolute Gasteiger partial charge is 0.480 e. The van der Waals surface area contributed by atoms with Crippen molar-refractivity contribution in [3.8, 4) is 11.8 Å². The van der Waals surface area contributed by atoms with E-state index in [4.69, 9.17) is 10.00 Å². The maximum absolute atomic E-state index is 13.1. The molecule has 1 aliphatic rings. The number of hydrogen-bond acceptors (Lipinski definition) is 3. The van der Waals surface area contributed by atoms with Crippen LogP contribution in [-0.2, 0) is 11.2 Å². The quantitative estimate of drug-likeness (QED) is 0.869. The highest BCUT2D eigenvalue weighted by Crippen LogP contribution is 2.38. The summed E-state index contributed by atoms with van der Waals surface area (Å²) >= 11 is 0. The van der Waals surface area contributed by atoms with Crippen LogP contribution < -0.4 is 10.1 Å². The lowest BCUT2D eigenvalue weighted by Crippen LogP contribution is -2.51. The van der Waals surface area contributed by atoms with Crippen LogP contribution in [0.1, 0.15) is 18.4 Å². The van der Waals surface area contributed by atoms with Gasteiger partial charge in [-0.1, -0.05) is 18.2 Å². The fourth-order valence-electron chi connectivity index (χ4n) is 2.39. The fraction of sp³-hybridized carbons (Fsp3) is 0.467. The van der Waals surface area contributed by atoms with Crippen LogP contribution in [0.3, 0.4) is 0 Å². The Kier molecular flexibility index (Phi) is 4.91. The molecule has 0 spiro atoms. The zero-order valence-corrected chi connectivity index (χ0v) is 11.7. The summed E-state index contributed by atoms with van der Waals surface area (Å²) in [4.78, 5) is 12.1. The fourth-order valence-corrected chi connectivity index (χ4v) is 2.39. The van der Waals surface area contributed by atoms with Crippen molar-refractivity contribution >= 4 is 5.91 Å². The number of nitrogens with zero attached hydrogens (tertiary/aromatic N) is 1. The summed E-state index contributed by atoms with van der Waals surface area (Å²) in [6, 6.07) is 8.31.